The summed E-state index contributed by atoms with van der Waals surface area (Å²) in [7, 11) is 0. The molecule has 3 amide bonds. The van der Waals surface area contributed by atoms with Crippen LogP contribution in [0.4, 0.5) is 5.69 Å². The lowest BCUT2D eigenvalue weighted by Gasteiger charge is -2.41. The molecule has 4 rings (SSSR count). The Bertz CT molecular complexity index is 1190. The summed E-state index contributed by atoms with van der Waals surface area (Å²) in [6, 6.07) is 5.68. The number of fused-ring (bicyclic) bond motifs is 1. The number of anilines is 1. The largest absolute Gasteiger partial charge is 0.494 e. The van der Waals surface area contributed by atoms with Crippen molar-refractivity contribution >= 4 is 23.4 Å². The SMILES string of the molecule is C=CCN(C(=O)[C@@H]1[C@H]2C(=O)N([C@@H](CO)C(C)C)C(C(=O)N(CC=C)C(C)CCC)C23CC[C@H]1O3)c1ccc(OCC)cc1. The molecule has 3 unspecified atom stereocenters. The second-order valence-electron chi connectivity index (χ2n) is 12.4. The number of benzene rings is 1. The van der Waals surface area contributed by atoms with E-state index in [9.17, 15) is 19.5 Å². The Hall–Kier alpha value is -3.17. The highest BCUT2D eigenvalue weighted by molar-refractivity contribution is 6.03. The molecule has 0 saturated carbocycles. The molecular weight excluding hydrogens is 546 g/mol. The molecular formula is C34H49N3O6. The number of rotatable bonds is 15. The molecule has 3 fully saturated rings. The van der Waals surface area contributed by atoms with Crippen molar-refractivity contribution in [1.82, 2.24) is 9.80 Å². The molecule has 9 heteroatoms. The van der Waals surface area contributed by atoms with Crippen LogP contribution in [0.2, 0.25) is 0 Å². The predicted molar refractivity (Wildman–Crippen MR) is 167 cm³/mol. The monoisotopic (exact) mass is 595 g/mol. The molecule has 3 aliphatic heterocycles. The fourth-order valence-electron chi connectivity index (χ4n) is 7.51. The Labute approximate surface area is 256 Å². The first-order chi connectivity index (χ1) is 20.6. The van der Waals surface area contributed by atoms with Crippen molar-refractivity contribution in [2.75, 3.05) is 31.2 Å². The number of aliphatic hydroxyl groups excluding tert-OH is 1. The number of hydrogen-bond donors (Lipinski definition) is 1. The predicted octanol–water partition coefficient (Wildman–Crippen LogP) is 4.20. The maximum Gasteiger partial charge on any atom is 0.248 e. The van der Waals surface area contributed by atoms with Crippen molar-refractivity contribution in [1.29, 1.82) is 0 Å². The number of nitrogens with zero attached hydrogens (tertiary/aromatic N) is 3. The number of likely N-dealkylation sites (tertiary alicyclic amines) is 1. The fourth-order valence-corrected chi connectivity index (χ4v) is 7.51. The first kappa shape index (κ1) is 32.7. The van der Waals surface area contributed by atoms with Gasteiger partial charge in [-0.2, -0.15) is 0 Å². The molecule has 1 N–H and O–H groups in total. The first-order valence-electron chi connectivity index (χ1n) is 15.8. The van der Waals surface area contributed by atoms with Crippen molar-refractivity contribution in [2.45, 2.75) is 90.1 Å². The summed E-state index contributed by atoms with van der Waals surface area (Å²) < 4.78 is 12.3. The molecule has 3 aliphatic rings. The zero-order chi connectivity index (χ0) is 31.5. The van der Waals surface area contributed by atoms with E-state index in [-0.39, 0.29) is 42.8 Å². The number of ether oxygens (including phenoxy) is 2. The van der Waals surface area contributed by atoms with Gasteiger partial charge in [0.05, 0.1) is 37.2 Å². The van der Waals surface area contributed by atoms with Gasteiger partial charge in [-0.05, 0) is 63.3 Å². The minimum Gasteiger partial charge on any atom is -0.494 e. The molecule has 236 valence electrons. The van der Waals surface area contributed by atoms with Gasteiger partial charge in [0, 0.05) is 24.8 Å². The normalized spacial score (nSPS) is 27.1. The van der Waals surface area contributed by atoms with Gasteiger partial charge in [-0.15, -0.1) is 13.2 Å². The average molecular weight is 596 g/mol. The summed E-state index contributed by atoms with van der Waals surface area (Å²) in [5, 5.41) is 10.5. The van der Waals surface area contributed by atoms with E-state index in [1.54, 1.807) is 26.9 Å². The van der Waals surface area contributed by atoms with Crippen molar-refractivity contribution < 1.29 is 29.0 Å². The van der Waals surface area contributed by atoms with E-state index in [1.807, 2.05) is 52.0 Å². The maximum absolute atomic E-state index is 14.6. The summed E-state index contributed by atoms with van der Waals surface area (Å²) in [6.07, 6.45) is 5.64. The molecule has 7 atom stereocenters. The van der Waals surface area contributed by atoms with Crippen LogP contribution in [0.25, 0.3) is 0 Å². The summed E-state index contributed by atoms with van der Waals surface area (Å²) in [6.45, 7) is 18.4. The lowest BCUT2D eigenvalue weighted by atomic mass is 9.70. The third kappa shape index (κ3) is 5.74. The minimum atomic E-state index is -1.15. The van der Waals surface area contributed by atoms with Crippen molar-refractivity contribution in [3.8, 4) is 5.75 Å². The Kier molecular flexibility index (Phi) is 10.4. The van der Waals surface area contributed by atoms with Gasteiger partial charge in [-0.1, -0.05) is 39.3 Å². The zero-order valence-electron chi connectivity index (χ0n) is 26.4. The van der Waals surface area contributed by atoms with Crippen LogP contribution in [0.5, 0.6) is 5.75 Å². The standard InChI is InChI=1S/C34H49N3O6/c1-8-12-23(7)35(19-9-2)33(41)30-34-18-17-27(43-34)28(29(34)32(40)37(30)26(21-38)22(5)6)31(39)36(20-10-3)24-13-15-25(16-14-24)42-11-4/h9-10,13-16,22-23,26-30,38H,2-3,8,11-12,17-21H2,1,4-7H3/t23?,26-,27+,28-,29-,30?,34?/m0/s1. The summed E-state index contributed by atoms with van der Waals surface area (Å²) in [4.78, 5) is 48.6. The first-order valence-corrected chi connectivity index (χ1v) is 15.8. The molecule has 1 aromatic rings. The minimum absolute atomic E-state index is 0.0756. The Morgan fingerprint density at radius 1 is 1.14 bits per heavy atom. The number of aliphatic hydroxyl groups is 1. The van der Waals surface area contributed by atoms with Gasteiger partial charge < -0.3 is 29.3 Å². The fraction of sp³-hybridized carbons (Fsp3) is 0.618. The highest BCUT2D eigenvalue weighted by Gasteiger charge is 2.75. The van der Waals surface area contributed by atoms with Crippen LogP contribution in [-0.2, 0) is 19.1 Å². The van der Waals surface area contributed by atoms with E-state index in [0.717, 1.165) is 12.8 Å². The number of carbonyl (C=O) groups excluding carboxylic acids is 3. The lowest BCUT2D eigenvalue weighted by Crippen LogP contribution is -2.60. The number of hydrogen-bond acceptors (Lipinski definition) is 6. The number of amides is 3. The molecule has 9 nitrogen and oxygen atoms in total. The van der Waals surface area contributed by atoms with Gasteiger partial charge in [0.1, 0.15) is 17.4 Å². The molecule has 0 radical (unpaired) electrons. The van der Waals surface area contributed by atoms with E-state index in [4.69, 9.17) is 9.47 Å². The van der Waals surface area contributed by atoms with Crippen LogP contribution >= 0.6 is 0 Å². The van der Waals surface area contributed by atoms with Gasteiger partial charge in [-0.25, -0.2) is 0 Å². The molecule has 3 saturated heterocycles. The lowest BCUT2D eigenvalue weighted by molar-refractivity contribution is -0.153. The van der Waals surface area contributed by atoms with Crippen LogP contribution in [-0.4, -0.2) is 88.8 Å². The molecule has 43 heavy (non-hydrogen) atoms. The summed E-state index contributed by atoms with van der Waals surface area (Å²) >= 11 is 0. The topological polar surface area (TPSA) is 99.6 Å². The Balaban J connectivity index is 1.78. The van der Waals surface area contributed by atoms with E-state index in [0.29, 0.717) is 37.4 Å². The van der Waals surface area contributed by atoms with Gasteiger partial charge in [-0.3, -0.25) is 14.4 Å². The third-order valence-corrected chi connectivity index (χ3v) is 9.46. The number of carbonyl (C=O) groups is 3. The van der Waals surface area contributed by atoms with E-state index in [1.165, 1.54) is 0 Å². The maximum atomic E-state index is 14.6. The van der Waals surface area contributed by atoms with Crippen molar-refractivity contribution in [3.63, 3.8) is 0 Å². The highest BCUT2D eigenvalue weighted by atomic mass is 16.5. The van der Waals surface area contributed by atoms with Crippen LogP contribution in [0, 0.1) is 17.8 Å². The van der Waals surface area contributed by atoms with Crippen molar-refractivity contribution in [2.24, 2.45) is 17.8 Å². The van der Waals surface area contributed by atoms with Crippen LogP contribution in [0.15, 0.2) is 49.6 Å². The van der Waals surface area contributed by atoms with E-state index < -0.39 is 35.6 Å². The molecule has 1 aromatic carbocycles. The molecule has 0 aromatic heterocycles. The van der Waals surface area contributed by atoms with Gasteiger partial charge in [0.25, 0.3) is 0 Å². The van der Waals surface area contributed by atoms with Gasteiger partial charge in [0.2, 0.25) is 17.7 Å². The van der Waals surface area contributed by atoms with Crippen LogP contribution in [0.3, 0.4) is 0 Å². The highest BCUT2D eigenvalue weighted by Crippen LogP contribution is 2.59. The molecule has 0 aliphatic carbocycles. The van der Waals surface area contributed by atoms with Crippen LogP contribution in [0.1, 0.15) is 60.3 Å². The third-order valence-electron chi connectivity index (χ3n) is 9.46. The van der Waals surface area contributed by atoms with Gasteiger partial charge >= 0.3 is 0 Å². The van der Waals surface area contributed by atoms with Crippen molar-refractivity contribution in [3.05, 3.63) is 49.6 Å². The second-order valence-corrected chi connectivity index (χ2v) is 12.4. The summed E-state index contributed by atoms with van der Waals surface area (Å²) in [5.74, 6) is -1.74. The summed E-state index contributed by atoms with van der Waals surface area (Å²) in [5.41, 5.74) is -0.480. The van der Waals surface area contributed by atoms with Crippen LogP contribution < -0.4 is 9.64 Å². The second kappa shape index (κ2) is 13.6. The molecule has 1 spiro atoms. The average Bonchev–Trinajstić information content (AvgIpc) is 3.63. The molecule has 3 heterocycles. The Morgan fingerprint density at radius 2 is 1.81 bits per heavy atom. The quantitative estimate of drug-likeness (QED) is 0.305. The van der Waals surface area contributed by atoms with Gasteiger partial charge in [0.15, 0.2) is 0 Å². The smallest absolute Gasteiger partial charge is 0.248 e. The van der Waals surface area contributed by atoms with E-state index >= 15 is 0 Å². The molecule has 2 bridgehead atoms. The Morgan fingerprint density at radius 3 is 2.37 bits per heavy atom. The zero-order valence-corrected chi connectivity index (χ0v) is 26.4. The van der Waals surface area contributed by atoms with E-state index in [2.05, 4.69) is 20.1 Å².